The smallest absolute Gasteiger partial charge is 0.119 e. The Bertz CT molecular complexity index is 395. The molecule has 0 aromatic carbocycles. The van der Waals surface area contributed by atoms with Crippen molar-refractivity contribution in [3.05, 3.63) is 21.8 Å². The highest BCUT2D eigenvalue weighted by Crippen LogP contribution is 2.40. The van der Waals surface area contributed by atoms with Crippen LogP contribution in [0.1, 0.15) is 31.0 Å². The van der Waals surface area contributed by atoms with Crippen LogP contribution in [-0.4, -0.2) is 10.4 Å². The second-order valence-corrected chi connectivity index (χ2v) is 5.92. The molecule has 0 bridgehead atoms. The van der Waals surface area contributed by atoms with Crippen LogP contribution < -0.4 is 4.90 Å². The highest BCUT2D eigenvalue weighted by Gasteiger charge is 2.26. The van der Waals surface area contributed by atoms with Crippen molar-refractivity contribution in [2.75, 3.05) is 4.90 Å². The van der Waals surface area contributed by atoms with E-state index < -0.39 is 0 Å². The van der Waals surface area contributed by atoms with Gasteiger partial charge in [0.25, 0.3) is 0 Å². The minimum atomic E-state index is 0.457. The highest BCUT2D eigenvalue weighted by molar-refractivity contribution is 8.01. The average molecular weight is 239 g/mol. The maximum absolute atomic E-state index is 4.49. The van der Waals surface area contributed by atoms with Gasteiger partial charge in [-0.25, -0.2) is 4.98 Å². The van der Waals surface area contributed by atoms with E-state index in [1.54, 1.807) is 23.1 Å². The zero-order valence-corrected chi connectivity index (χ0v) is 11.1. The Morgan fingerprint density at radius 1 is 1.47 bits per heavy atom. The van der Waals surface area contributed by atoms with Crippen molar-refractivity contribution >= 4 is 28.1 Å². The van der Waals surface area contributed by atoms with Gasteiger partial charge in [0.05, 0.1) is 16.1 Å². The summed E-state index contributed by atoms with van der Waals surface area (Å²) >= 11 is 3.54. The number of nitrogens with zero attached hydrogens (tertiary/aromatic N) is 2. The van der Waals surface area contributed by atoms with Crippen LogP contribution in [0.25, 0.3) is 0 Å². The summed E-state index contributed by atoms with van der Waals surface area (Å²) in [7, 11) is 0. The van der Waals surface area contributed by atoms with E-state index in [0.29, 0.717) is 5.37 Å². The van der Waals surface area contributed by atoms with E-state index in [-0.39, 0.29) is 0 Å². The van der Waals surface area contributed by atoms with Crippen molar-refractivity contribution in [2.45, 2.75) is 39.5 Å². The van der Waals surface area contributed by atoms with Crippen molar-refractivity contribution in [2.24, 2.45) is 0 Å². The summed E-state index contributed by atoms with van der Waals surface area (Å²) in [6.07, 6.45) is 1.04. The number of hydrogen-bond acceptors (Lipinski definition) is 4. The Labute approximate surface area is 99.4 Å². The molecule has 15 heavy (non-hydrogen) atoms. The predicted molar refractivity (Wildman–Crippen MR) is 68.2 cm³/mol. The normalized spacial score (nSPS) is 20.9. The molecule has 4 heteroatoms. The fourth-order valence-electron chi connectivity index (χ4n) is 1.75. The van der Waals surface area contributed by atoms with Crippen molar-refractivity contribution < 1.29 is 0 Å². The molecule has 0 spiro atoms. The zero-order chi connectivity index (χ0) is 11.0. The van der Waals surface area contributed by atoms with E-state index in [9.17, 15) is 0 Å². The third-order valence-corrected chi connectivity index (χ3v) is 4.41. The molecule has 81 valence electrons. The molecule has 0 saturated carbocycles. The molecule has 1 atom stereocenters. The molecule has 2 rings (SSSR count). The predicted octanol–water partition coefficient (Wildman–Crippen LogP) is 3.71. The molecule has 0 aliphatic carbocycles. The van der Waals surface area contributed by atoms with Gasteiger partial charge in [0.1, 0.15) is 5.00 Å². The second-order valence-electron chi connectivity index (χ2n) is 3.61. The summed E-state index contributed by atoms with van der Waals surface area (Å²) < 4.78 is 0. The van der Waals surface area contributed by atoms with Crippen LogP contribution in [0.5, 0.6) is 0 Å². The van der Waals surface area contributed by atoms with E-state index in [1.807, 2.05) is 0 Å². The first-order valence-electron chi connectivity index (χ1n) is 5.14. The fourth-order valence-corrected chi connectivity index (χ4v) is 3.73. The Kier molecular flexibility index (Phi) is 3.07. The first-order chi connectivity index (χ1) is 7.13. The number of hydrogen-bond donors (Lipinski definition) is 0. The average Bonchev–Trinajstić information content (AvgIpc) is 2.69. The van der Waals surface area contributed by atoms with Gasteiger partial charge < -0.3 is 4.90 Å². The van der Waals surface area contributed by atoms with Crippen LogP contribution in [0.15, 0.2) is 5.70 Å². The van der Waals surface area contributed by atoms with E-state index in [1.165, 1.54) is 10.7 Å². The summed E-state index contributed by atoms with van der Waals surface area (Å²) in [5.41, 5.74) is 2.43. The number of allylic oxidation sites excluding steroid dienone is 1. The van der Waals surface area contributed by atoms with Crippen molar-refractivity contribution in [1.82, 2.24) is 4.98 Å². The van der Waals surface area contributed by atoms with Gasteiger partial charge in [-0.15, -0.1) is 11.3 Å². The Balaban J connectivity index is 2.37. The van der Waals surface area contributed by atoms with Crippen molar-refractivity contribution in [1.29, 1.82) is 0 Å². The van der Waals surface area contributed by atoms with Gasteiger partial charge in [-0.1, -0.05) is 18.7 Å². The van der Waals surface area contributed by atoms with Crippen molar-refractivity contribution in [3.63, 3.8) is 0 Å². The Morgan fingerprint density at radius 3 is 2.73 bits per heavy atom. The quantitative estimate of drug-likeness (QED) is 0.782. The van der Waals surface area contributed by atoms with Crippen LogP contribution in [-0.2, 0) is 0 Å². The molecule has 0 amide bonds. The molecule has 0 fully saturated rings. The SMILES string of the molecule is CCC1=[C]SC(C)N1c1sc(C)nc1C. The Hall–Kier alpha value is -0.480. The number of aromatic nitrogens is 1. The summed E-state index contributed by atoms with van der Waals surface area (Å²) in [4.78, 5) is 6.85. The third kappa shape index (κ3) is 1.93. The molecule has 0 N–H and O–H groups in total. The summed E-state index contributed by atoms with van der Waals surface area (Å²) in [6.45, 7) is 8.54. The van der Waals surface area contributed by atoms with Gasteiger partial charge in [0, 0.05) is 11.1 Å². The minimum absolute atomic E-state index is 0.457. The largest absolute Gasteiger partial charge is 0.322 e. The maximum Gasteiger partial charge on any atom is 0.119 e. The number of rotatable bonds is 2. The topological polar surface area (TPSA) is 16.1 Å². The van der Waals surface area contributed by atoms with Gasteiger partial charge in [-0.2, -0.15) is 0 Å². The van der Waals surface area contributed by atoms with Gasteiger partial charge in [-0.3, -0.25) is 0 Å². The van der Waals surface area contributed by atoms with Gasteiger partial charge in [0.15, 0.2) is 0 Å². The molecular formula is C11H15N2S2. The molecule has 2 nitrogen and oxygen atoms in total. The van der Waals surface area contributed by atoms with Gasteiger partial charge in [-0.05, 0) is 27.2 Å². The third-order valence-electron chi connectivity index (χ3n) is 2.43. The van der Waals surface area contributed by atoms with E-state index in [0.717, 1.165) is 17.1 Å². The van der Waals surface area contributed by atoms with E-state index >= 15 is 0 Å². The highest BCUT2D eigenvalue weighted by atomic mass is 32.2. The monoisotopic (exact) mass is 239 g/mol. The van der Waals surface area contributed by atoms with Crippen LogP contribution >= 0.6 is 23.1 Å². The fraction of sp³-hybridized carbons (Fsp3) is 0.545. The first-order valence-corrected chi connectivity index (χ1v) is 6.83. The van der Waals surface area contributed by atoms with Gasteiger partial charge >= 0.3 is 0 Å². The summed E-state index contributed by atoms with van der Waals surface area (Å²) in [5, 5.41) is 6.26. The van der Waals surface area contributed by atoms with Crippen LogP contribution in [0, 0.1) is 19.3 Å². The molecule has 1 aromatic rings. The maximum atomic E-state index is 4.49. The standard InChI is InChI=1S/C11H15N2S2/c1-5-10-6-14-9(4)13(10)11-7(2)12-8(3)15-11/h9H,5H2,1-4H3. The summed E-state index contributed by atoms with van der Waals surface area (Å²) in [5.74, 6) is 0. The molecule has 1 radical (unpaired) electrons. The van der Waals surface area contributed by atoms with Crippen LogP contribution in [0.2, 0.25) is 0 Å². The Morgan fingerprint density at radius 2 is 2.20 bits per heavy atom. The van der Waals surface area contributed by atoms with Crippen molar-refractivity contribution in [3.8, 4) is 0 Å². The molecule has 2 heterocycles. The van der Waals surface area contributed by atoms with E-state index in [4.69, 9.17) is 0 Å². The molecule has 1 aliphatic rings. The lowest BCUT2D eigenvalue weighted by Gasteiger charge is -2.24. The lowest BCUT2D eigenvalue weighted by molar-refractivity contribution is 0.875. The lowest BCUT2D eigenvalue weighted by Crippen LogP contribution is -2.25. The molecule has 1 unspecified atom stereocenters. The van der Waals surface area contributed by atoms with Gasteiger partial charge in [0.2, 0.25) is 0 Å². The molecule has 1 aromatic heterocycles. The zero-order valence-electron chi connectivity index (χ0n) is 9.50. The second kappa shape index (κ2) is 4.18. The number of aryl methyl sites for hydroxylation is 2. The van der Waals surface area contributed by atoms with Crippen LogP contribution in [0.3, 0.4) is 0 Å². The first kappa shape index (κ1) is 11.0. The number of thioether (sulfide) groups is 1. The van der Waals surface area contributed by atoms with Crippen LogP contribution in [0.4, 0.5) is 5.00 Å². The number of anilines is 1. The van der Waals surface area contributed by atoms with E-state index in [2.05, 4.69) is 43.0 Å². The molecular weight excluding hydrogens is 224 g/mol. The minimum Gasteiger partial charge on any atom is -0.322 e. The number of thiazole rings is 1. The summed E-state index contributed by atoms with van der Waals surface area (Å²) in [6, 6.07) is 0. The lowest BCUT2D eigenvalue weighted by atomic mass is 10.3. The molecule has 0 saturated heterocycles. The molecule has 1 aliphatic heterocycles.